The maximum atomic E-state index is 11.8. The van der Waals surface area contributed by atoms with Gasteiger partial charge < -0.3 is 15.1 Å². The van der Waals surface area contributed by atoms with Gasteiger partial charge in [-0.1, -0.05) is 0 Å². The van der Waals surface area contributed by atoms with E-state index in [0.29, 0.717) is 17.7 Å². The molecule has 3 unspecified atom stereocenters. The van der Waals surface area contributed by atoms with Crippen LogP contribution in [0.3, 0.4) is 0 Å². The van der Waals surface area contributed by atoms with E-state index >= 15 is 0 Å². The Morgan fingerprint density at radius 3 is 2.94 bits per heavy atom. The summed E-state index contributed by atoms with van der Waals surface area (Å²) in [5.74, 6) is 0.699. The second kappa shape index (κ2) is 3.79. The lowest BCUT2D eigenvalue weighted by atomic mass is 10.0. The van der Waals surface area contributed by atoms with Crippen molar-refractivity contribution in [3.05, 3.63) is 23.1 Å². The highest BCUT2D eigenvalue weighted by molar-refractivity contribution is 6.29. The number of carbonyl (C=O) groups is 1. The summed E-state index contributed by atoms with van der Waals surface area (Å²) in [5, 5.41) is 6.67. The zero-order chi connectivity index (χ0) is 11.1. The van der Waals surface area contributed by atoms with Gasteiger partial charge in [0.15, 0.2) is 11.0 Å². The molecular weight excluding hydrogens is 228 g/mol. The fraction of sp³-hybridized carbons (Fsp3) is 0.545. The molecule has 1 saturated carbocycles. The molecule has 1 amide bonds. The Balaban J connectivity index is 1.65. The zero-order valence-corrected chi connectivity index (χ0v) is 9.46. The predicted molar refractivity (Wildman–Crippen MR) is 59.5 cm³/mol. The highest BCUT2D eigenvalue weighted by Crippen LogP contribution is 2.31. The van der Waals surface area contributed by atoms with Crippen molar-refractivity contribution in [3.63, 3.8) is 0 Å². The summed E-state index contributed by atoms with van der Waals surface area (Å²) in [4.78, 5) is 11.8. The number of hydrogen-bond donors (Lipinski definition) is 2. The molecular formula is C11H13ClN2O2. The Bertz CT molecular complexity index is 418. The molecule has 1 aromatic rings. The number of nitrogens with one attached hydrogen (secondary N) is 2. The molecule has 0 radical (unpaired) electrons. The minimum Gasteiger partial charge on any atom is -0.440 e. The lowest BCUT2D eigenvalue weighted by molar-refractivity contribution is 0.0897. The smallest absolute Gasteiger partial charge is 0.287 e. The molecule has 86 valence electrons. The van der Waals surface area contributed by atoms with E-state index in [1.54, 1.807) is 12.1 Å². The van der Waals surface area contributed by atoms with E-state index < -0.39 is 0 Å². The summed E-state index contributed by atoms with van der Waals surface area (Å²) in [6.07, 6.45) is 2.19. The molecule has 5 heteroatoms. The van der Waals surface area contributed by atoms with Crippen molar-refractivity contribution < 1.29 is 9.21 Å². The van der Waals surface area contributed by atoms with Crippen LogP contribution in [0.25, 0.3) is 0 Å². The van der Waals surface area contributed by atoms with Crippen LogP contribution in [0, 0.1) is 5.92 Å². The van der Waals surface area contributed by atoms with Crippen LogP contribution in [0.2, 0.25) is 5.22 Å². The van der Waals surface area contributed by atoms with Crippen molar-refractivity contribution in [1.82, 2.24) is 10.6 Å². The average Bonchev–Trinajstić information content (AvgIpc) is 2.92. The maximum Gasteiger partial charge on any atom is 0.287 e. The van der Waals surface area contributed by atoms with Crippen LogP contribution < -0.4 is 10.6 Å². The monoisotopic (exact) mass is 240 g/mol. The van der Waals surface area contributed by atoms with Crippen molar-refractivity contribution in [2.75, 3.05) is 6.54 Å². The molecule has 3 rings (SSSR count). The molecule has 2 N–H and O–H groups in total. The van der Waals surface area contributed by atoms with Gasteiger partial charge in [0.25, 0.3) is 5.91 Å². The van der Waals surface area contributed by atoms with Crippen LogP contribution in [-0.4, -0.2) is 24.5 Å². The van der Waals surface area contributed by atoms with Crippen LogP contribution in [0.5, 0.6) is 0 Å². The summed E-state index contributed by atoms with van der Waals surface area (Å²) in [6.45, 7) is 1.01. The van der Waals surface area contributed by atoms with Crippen molar-refractivity contribution in [2.45, 2.75) is 24.9 Å². The molecule has 2 fully saturated rings. The molecule has 0 spiro atoms. The second-order valence-corrected chi connectivity index (χ2v) is 4.89. The van der Waals surface area contributed by atoms with Gasteiger partial charge in [-0.25, -0.2) is 0 Å². The number of piperidine rings is 1. The van der Waals surface area contributed by atoms with E-state index in [4.69, 9.17) is 16.0 Å². The summed E-state index contributed by atoms with van der Waals surface area (Å²) < 4.78 is 5.07. The third kappa shape index (κ3) is 1.72. The quantitative estimate of drug-likeness (QED) is 0.822. The van der Waals surface area contributed by atoms with Crippen LogP contribution in [0.1, 0.15) is 23.4 Å². The van der Waals surface area contributed by atoms with Gasteiger partial charge in [-0.05, 0) is 42.5 Å². The van der Waals surface area contributed by atoms with Crippen molar-refractivity contribution >= 4 is 17.5 Å². The van der Waals surface area contributed by atoms with Crippen LogP contribution in [0.15, 0.2) is 16.5 Å². The highest BCUT2D eigenvalue weighted by Gasteiger charge is 2.40. The Morgan fingerprint density at radius 1 is 1.50 bits per heavy atom. The maximum absolute atomic E-state index is 11.8. The van der Waals surface area contributed by atoms with E-state index in [1.165, 1.54) is 6.42 Å². The number of rotatable bonds is 2. The van der Waals surface area contributed by atoms with Gasteiger partial charge >= 0.3 is 0 Å². The normalized spacial score (nSPS) is 31.9. The first-order valence-electron chi connectivity index (χ1n) is 5.52. The number of halogens is 1. The van der Waals surface area contributed by atoms with Crippen LogP contribution in [-0.2, 0) is 0 Å². The Morgan fingerprint density at radius 2 is 2.38 bits per heavy atom. The molecule has 2 bridgehead atoms. The van der Waals surface area contributed by atoms with Gasteiger partial charge in [0.1, 0.15) is 0 Å². The minimum atomic E-state index is -0.163. The third-order valence-corrected chi connectivity index (χ3v) is 3.68. The molecule has 1 aromatic heterocycles. The van der Waals surface area contributed by atoms with E-state index in [9.17, 15) is 4.79 Å². The zero-order valence-electron chi connectivity index (χ0n) is 8.70. The van der Waals surface area contributed by atoms with E-state index in [1.807, 2.05) is 0 Å². The van der Waals surface area contributed by atoms with Crippen molar-refractivity contribution in [3.8, 4) is 0 Å². The molecule has 16 heavy (non-hydrogen) atoms. The van der Waals surface area contributed by atoms with Crippen LogP contribution in [0.4, 0.5) is 0 Å². The molecule has 2 heterocycles. The molecule has 1 aliphatic carbocycles. The first kappa shape index (κ1) is 10.2. The number of carbonyl (C=O) groups excluding carboxylic acids is 1. The van der Waals surface area contributed by atoms with Gasteiger partial charge in [-0.3, -0.25) is 4.79 Å². The SMILES string of the molecule is O=C(NC1CC2CC1CN2)c1ccc(Cl)o1. The topological polar surface area (TPSA) is 54.3 Å². The fourth-order valence-electron chi connectivity index (χ4n) is 2.69. The summed E-state index contributed by atoms with van der Waals surface area (Å²) >= 11 is 5.63. The molecule has 1 saturated heterocycles. The van der Waals surface area contributed by atoms with Crippen molar-refractivity contribution in [1.29, 1.82) is 0 Å². The minimum absolute atomic E-state index is 0.163. The van der Waals surface area contributed by atoms with Gasteiger partial charge in [-0.15, -0.1) is 0 Å². The number of hydrogen-bond acceptors (Lipinski definition) is 3. The number of furan rings is 1. The standard InChI is InChI=1S/C11H13ClN2O2/c12-10-2-1-9(16-10)11(15)14-8-4-7-3-6(8)5-13-7/h1-2,6-8,13H,3-5H2,(H,14,15). The van der Waals surface area contributed by atoms with E-state index in [2.05, 4.69) is 10.6 Å². The second-order valence-electron chi connectivity index (χ2n) is 4.52. The van der Waals surface area contributed by atoms with Crippen molar-refractivity contribution in [2.24, 2.45) is 5.92 Å². The molecule has 3 atom stereocenters. The van der Waals surface area contributed by atoms with Gasteiger partial charge in [-0.2, -0.15) is 0 Å². The van der Waals surface area contributed by atoms with E-state index in [-0.39, 0.29) is 17.2 Å². The van der Waals surface area contributed by atoms with Gasteiger partial charge in [0.05, 0.1) is 0 Å². The summed E-state index contributed by atoms with van der Waals surface area (Å²) in [7, 11) is 0. The number of amides is 1. The number of fused-ring (bicyclic) bond motifs is 2. The Kier molecular flexibility index (Phi) is 2.41. The Labute approximate surface area is 98.3 Å². The predicted octanol–water partition coefficient (Wildman–Crippen LogP) is 1.41. The van der Waals surface area contributed by atoms with Crippen LogP contribution >= 0.6 is 11.6 Å². The molecule has 1 aliphatic heterocycles. The fourth-order valence-corrected chi connectivity index (χ4v) is 2.83. The highest BCUT2D eigenvalue weighted by atomic mass is 35.5. The van der Waals surface area contributed by atoms with E-state index in [0.717, 1.165) is 13.0 Å². The molecule has 0 aromatic carbocycles. The average molecular weight is 241 g/mol. The molecule has 4 nitrogen and oxygen atoms in total. The van der Waals surface area contributed by atoms with Gasteiger partial charge in [0.2, 0.25) is 0 Å². The summed E-state index contributed by atoms with van der Waals surface area (Å²) in [5.41, 5.74) is 0. The molecule has 2 aliphatic rings. The lowest BCUT2D eigenvalue weighted by Gasteiger charge is -2.22. The lowest BCUT2D eigenvalue weighted by Crippen LogP contribution is -2.44. The first-order valence-corrected chi connectivity index (χ1v) is 5.90. The first-order chi connectivity index (χ1) is 7.72. The van der Waals surface area contributed by atoms with Gasteiger partial charge in [0, 0.05) is 18.6 Å². The largest absolute Gasteiger partial charge is 0.440 e. The third-order valence-electron chi connectivity index (χ3n) is 3.48. The summed E-state index contributed by atoms with van der Waals surface area (Å²) in [6, 6.07) is 4.04. The Hall–Kier alpha value is -1.00.